The lowest BCUT2D eigenvalue weighted by Crippen LogP contribution is -2.61. The van der Waals surface area contributed by atoms with Crippen LogP contribution in [-0.4, -0.2) is 28.8 Å². The standard InChI is InChI=1S/C16H16N2O3/c19-14-13(11-7-3-1-4-8-11)15(20)18(16(21)17-14)12-9-5-2-6-10-12/h2-3,5-9,12-13H,1,4,10H2,(H,17,19,21). The first-order chi connectivity index (χ1) is 10.2. The number of amides is 4. The summed E-state index contributed by atoms with van der Waals surface area (Å²) in [5, 5.41) is 2.30. The number of hydrogen-bond donors (Lipinski definition) is 1. The van der Waals surface area contributed by atoms with Crippen molar-refractivity contribution in [3.8, 4) is 0 Å². The quantitative estimate of drug-likeness (QED) is 0.787. The average Bonchev–Trinajstić information content (AvgIpc) is 2.49. The van der Waals surface area contributed by atoms with E-state index in [2.05, 4.69) is 5.32 Å². The van der Waals surface area contributed by atoms with Crippen molar-refractivity contribution in [1.82, 2.24) is 10.2 Å². The molecule has 3 aliphatic rings. The van der Waals surface area contributed by atoms with Crippen LogP contribution in [0.4, 0.5) is 4.79 Å². The molecule has 108 valence electrons. The fraction of sp³-hybridized carbons (Fsp3) is 0.312. The van der Waals surface area contributed by atoms with Crippen molar-refractivity contribution in [1.29, 1.82) is 0 Å². The van der Waals surface area contributed by atoms with E-state index in [1.54, 1.807) is 18.2 Å². The number of nitrogens with zero attached hydrogens (tertiary/aromatic N) is 1. The lowest BCUT2D eigenvalue weighted by molar-refractivity contribution is -0.141. The van der Waals surface area contributed by atoms with Gasteiger partial charge in [0.05, 0.1) is 6.04 Å². The third-order valence-corrected chi connectivity index (χ3v) is 3.84. The Balaban J connectivity index is 1.89. The molecule has 5 heteroatoms. The molecule has 2 unspecified atom stereocenters. The van der Waals surface area contributed by atoms with E-state index in [-0.39, 0.29) is 6.04 Å². The largest absolute Gasteiger partial charge is 0.331 e. The smallest absolute Gasteiger partial charge is 0.277 e. The van der Waals surface area contributed by atoms with Crippen molar-refractivity contribution in [3.63, 3.8) is 0 Å². The Morgan fingerprint density at radius 2 is 1.95 bits per heavy atom. The predicted octanol–water partition coefficient (Wildman–Crippen LogP) is 1.84. The third-order valence-electron chi connectivity index (χ3n) is 3.84. The maximum absolute atomic E-state index is 12.7. The minimum absolute atomic E-state index is 0.328. The normalized spacial score (nSPS) is 28.7. The highest BCUT2D eigenvalue weighted by atomic mass is 16.2. The molecule has 0 spiro atoms. The Kier molecular flexibility index (Phi) is 3.56. The van der Waals surface area contributed by atoms with Gasteiger partial charge in [0.2, 0.25) is 11.8 Å². The first-order valence-electron chi connectivity index (χ1n) is 7.06. The molecule has 1 N–H and O–H groups in total. The number of allylic oxidation sites excluding steroid dienone is 5. The Morgan fingerprint density at radius 3 is 2.62 bits per heavy atom. The van der Waals surface area contributed by atoms with Gasteiger partial charge in [-0.1, -0.05) is 42.5 Å². The number of nitrogens with one attached hydrogen (secondary N) is 1. The number of imide groups is 2. The summed E-state index contributed by atoms with van der Waals surface area (Å²) >= 11 is 0. The zero-order valence-electron chi connectivity index (χ0n) is 11.5. The van der Waals surface area contributed by atoms with Gasteiger partial charge < -0.3 is 0 Å². The molecule has 0 radical (unpaired) electrons. The van der Waals surface area contributed by atoms with E-state index in [1.165, 1.54) is 0 Å². The van der Waals surface area contributed by atoms with E-state index in [0.29, 0.717) is 12.0 Å². The summed E-state index contributed by atoms with van der Waals surface area (Å²) in [6, 6.07) is -0.960. The molecule has 1 aliphatic heterocycles. The number of carbonyl (C=O) groups is 3. The molecule has 0 bridgehead atoms. The van der Waals surface area contributed by atoms with E-state index in [1.807, 2.05) is 24.3 Å². The molecule has 0 saturated carbocycles. The number of rotatable bonds is 2. The molecule has 21 heavy (non-hydrogen) atoms. The maximum Gasteiger partial charge on any atom is 0.331 e. The average molecular weight is 284 g/mol. The van der Waals surface area contributed by atoms with Gasteiger partial charge in [0.15, 0.2) is 0 Å². The molecule has 0 aromatic rings. The number of barbiturate groups is 1. The highest BCUT2D eigenvalue weighted by Gasteiger charge is 2.44. The van der Waals surface area contributed by atoms with Crippen LogP contribution in [0.5, 0.6) is 0 Å². The van der Waals surface area contributed by atoms with Gasteiger partial charge in [0.25, 0.3) is 0 Å². The van der Waals surface area contributed by atoms with Gasteiger partial charge in [-0.2, -0.15) is 0 Å². The van der Waals surface area contributed by atoms with Gasteiger partial charge in [-0.25, -0.2) is 4.79 Å². The molecule has 4 amide bonds. The highest BCUT2D eigenvalue weighted by Crippen LogP contribution is 2.26. The Morgan fingerprint density at radius 1 is 1.10 bits per heavy atom. The van der Waals surface area contributed by atoms with Crippen LogP contribution in [0.1, 0.15) is 19.3 Å². The van der Waals surface area contributed by atoms with E-state index in [0.717, 1.165) is 17.7 Å². The van der Waals surface area contributed by atoms with Crippen molar-refractivity contribution in [2.45, 2.75) is 25.3 Å². The first-order valence-corrected chi connectivity index (χ1v) is 7.06. The summed E-state index contributed by atoms with van der Waals surface area (Å²) in [7, 11) is 0. The molecule has 0 aromatic heterocycles. The lowest BCUT2D eigenvalue weighted by Gasteiger charge is -2.35. The minimum atomic E-state index is -0.918. The molecule has 1 heterocycles. The fourth-order valence-electron chi connectivity index (χ4n) is 2.80. The van der Waals surface area contributed by atoms with Crippen LogP contribution in [0.25, 0.3) is 0 Å². The van der Waals surface area contributed by atoms with Gasteiger partial charge in [0.1, 0.15) is 5.92 Å². The first kappa shape index (κ1) is 13.5. The van der Waals surface area contributed by atoms with Crippen LogP contribution >= 0.6 is 0 Å². The Hall–Kier alpha value is -2.43. The van der Waals surface area contributed by atoms with Crippen LogP contribution in [-0.2, 0) is 9.59 Å². The Bertz CT molecular complexity index is 613. The summed E-state index contributed by atoms with van der Waals surface area (Å²) < 4.78 is 0. The number of hydrogen-bond acceptors (Lipinski definition) is 3. The molecule has 0 aromatic carbocycles. The molecule has 1 fully saturated rings. The number of carbonyl (C=O) groups excluding carboxylic acids is 3. The predicted molar refractivity (Wildman–Crippen MR) is 77.0 cm³/mol. The topological polar surface area (TPSA) is 66.5 Å². The van der Waals surface area contributed by atoms with Crippen LogP contribution in [0.3, 0.4) is 0 Å². The summed E-state index contributed by atoms with van der Waals surface area (Å²) in [5.41, 5.74) is 0.677. The van der Waals surface area contributed by atoms with Gasteiger partial charge in [-0.3, -0.25) is 19.8 Å². The SMILES string of the molecule is O=C1NC(=O)N(C2C=CC=CC2)C(=O)C1C1=CCCC=C1. The lowest BCUT2D eigenvalue weighted by atomic mass is 9.90. The van der Waals surface area contributed by atoms with Crippen molar-refractivity contribution in [3.05, 3.63) is 48.1 Å². The summed E-state index contributed by atoms with van der Waals surface area (Å²) in [5.74, 6) is -1.89. The van der Waals surface area contributed by atoms with E-state index in [9.17, 15) is 14.4 Å². The molecule has 2 aliphatic carbocycles. The highest BCUT2D eigenvalue weighted by molar-refractivity contribution is 6.18. The summed E-state index contributed by atoms with van der Waals surface area (Å²) in [4.78, 5) is 37.9. The van der Waals surface area contributed by atoms with E-state index in [4.69, 9.17) is 0 Å². The second-order valence-electron chi connectivity index (χ2n) is 5.24. The van der Waals surface area contributed by atoms with Crippen molar-refractivity contribution in [2.75, 3.05) is 0 Å². The second kappa shape index (κ2) is 5.52. The maximum atomic E-state index is 12.7. The van der Waals surface area contributed by atoms with Crippen LogP contribution in [0.2, 0.25) is 0 Å². The summed E-state index contributed by atoms with van der Waals surface area (Å²) in [6.45, 7) is 0. The van der Waals surface area contributed by atoms with Gasteiger partial charge in [0, 0.05) is 0 Å². The van der Waals surface area contributed by atoms with Crippen LogP contribution in [0, 0.1) is 5.92 Å². The van der Waals surface area contributed by atoms with Crippen molar-refractivity contribution >= 4 is 17.8 Å². The van der Waals surface area contributed by atoms with E-state index < -0.39 is 23.8 Å². The molecular weight excluding hydrogens is 268 g/mol. The fourth-order valence-corrected chi connectivity index (χ4v) is 2.80. The zero-order chi connectivity index (χ0) is 14.8. The number of urea groups is 1. The van der Waals surface area contributed by atoms with Gasteiger partial charge in [-0.05, 0) is 24.8 Å². The summed E-state index contributed by atoms with van der Waals surface area (Å²) in [6.07, 6.45) is 15.3. The third kappa shape index (κ3) is 2.46. The molecule has 3 rings (SSSR count). The second-order valence-corrected chi connectivity index (χ2v) is 5.24. The van der Waals surface area contributed by atoms with Crippen LogP contribution < -0.4 is 5.32 Å². The molecule has 1 saturated heterocycles. The van der Waals surface area contributed by atoms with Gasteiger partial charge >= 0.3 is 6.03 Å². The van der Waals surface area contributed by atoms with Crippen molar-refractivity contribution in [2.24, 2.45) is 5.92 Å². The van der Waals surface area contributed by atoms with Gasteiger partial charge in [-0.15, -0.1) is 0 Å². The van der Waals surface area contributed by atoms with Crippen LogP contribution in [0.15, 0.2) is 48.1 Å². The van der Waals surface area contributed by atoms with E-state index >= 15 is 0 Å². The Labute approximate surface area is 122 Å². The van der Waals surface area contributed by atoms with Crippen molar-refractivity contribution < 1.29 is 14.4 Å². The molecule has 5 nitrogen and oxygen atoms in total. The monoisotopic (exact) mass is 284 g/mol. The molecule has 2 atom stereocenters. The minimum Gasteiger partial charge on any atom is -0.277 e. The molecular formula is C16H16N2O3. The zero-order valence-corrected chi connectivity index (χ0v) is 11.5.